The molecule has 17 nitrogen and oxygen atoms in total. The van der Waals surface area contributed by atoms with Crippen LogP contribution in [0.4, 0.5) is 17.5 Å². The largest absolute Gasteiger partial charge is 0.481 e. The van der Waals surface area contributed by atoms with Crippen LogP contribution in [-0.4, -0.2) is 72.1 Å². The number of rotatable bonds is 8. The van der Waals surface area contributed by atoms with Gasteiger partial charge in [-0.3, -0.25) is 4.79 Å². The Kier molecular flexibility index (Phi) is 17.5. The number of carbonyl (C=O) groups is 1. The van der Waals surface area contributed by atoms with Gasteiger partial charge in [0, 0.05) is 60.8 Å². The van der Waals surface area contributed by atoms with E-state index in [9.17, 15) is 0 Å². The lowest BCUT2D eigenvalue weighted by atomic mass is 10.1. The summed E-state index contributed by atoms with van der Waals surface area (Å²) < 4.78 is 5.04. The van der Waals surface area contributed by atoms with Crippen molar-refractivity contribution in [3.05, 3.63) is 108 Å². The zero-order chi connectivity index (χ0) is 41.7. The Balaban J connectivity index is 0.000000215. The van der Waals surface area contributed by atoms with Crippen molar-refractivity contribution in [2.45, 2.75) is 34.6 Å². The Morgan fingerprint density at radius 3 is 1.67 bits per heavy atom. The fraction of sp³-hybridized carbons (Fsp3) is 0.200. The molecule has 0 saturated carbocycles. The number of carboxylic acids is 1. The van der Waals surface area contributed by atoms with Gasteiger partial charge in [-0.05, 0) is 81.4 Å². The Labute approximate surface area is 329 Å². The quantitative estimate of drug-likeness (QED) is 0.0343. The highest BCUT2D eigenvalue weighted by Gasteiger charge is 2.11. The molecule has 0 bridgehead atoms. The summed E-state index contributed by atoms with van der Waals surface area (Å²) in [5.41, 5.74) is 10.5. The number of hydrogen-bond acceptors (Lipinski definition) is 15. The highest BCUT2D eigenvalue weighted by atomic mass is 16.5. The van der Waals surface area contributed by atoms with Gasteiger partial charge in [-0.2, -0.15) is 10.2 Å². The molecule has 0 saturated heterocycles. The van der Waals surface area contributed by atoms with E-state index in [2.05, 4.69) is 58.2 Å². The zero-order valence-corrected chi connectivity index (χ0v) is 32.2. The number of nitrogens with one attached hydrogen (secondary N) is 3. The van der Waals surface area contributed by atoms with E-state index in [1.54, 1.807) is 19.1 Å². The van der Waals surface area contributed by atoms with Gasteiger partial charge in [-0.25, -0.2) is 20.8 Å². The minimum absolute atomic E-state index is 0.0913. The van der Waals surface area contributed by atoms with E-state index >= 15 is 0 Å². The molecule has 0 aliphatic rings. The molecule has 0 spiro atoms. The van der Waals surface area contributed by atoms with Crippen molar-refractivity contribution in [1.82, 2.24) is 25.1 Å². The SMILES string of the molecule is CC(=O)O.CCNc1ccc2c(-c3noc(C)n3)cccc2n1.CCNc1ccc2c(C#N)cccc2n1.CCNc1ccc2c(C(N)=NO)cccc2n1.NO. The fourth-order valence-electron chi connectivity index (χ4n) is 5.28. The van der Waals surface area contributed by atoms with Crippen molar-refractivity contribution >= 4 is 62.0 Å². The Bertz CT molecular complexity index is 2440. The molecular weight excluding hydrogens is 729 g/mol. The maximum atomic E-state index is 9.00. The molecule has 296 valence electrons. The smallest absolute Gasteiger partial charge is 0.300 e. The van der Waals surface area contributed by atoms with Crippen LogP contribution in [0.3, 0.4) is 0 Å². The number of carboxylic acid groups (broad SMARTS) is 1. The van der Waals surface area contributed by atoms with Crippen LogP contribution in [0.15, 0.2) is 101 Å². The van der Waals surface area contributed by atoms with Crippen molar-refractivity contribution in [3.63, 3.8) is 0 Å². The number of amidine groups is 1. The molecule has 17 heteroatoms. The van der Waals surface area contributed by atoms with E-state index in [-0.39, 0.29) is 5.84 Å². The van der Waals surface area contributed by atoms with Gasteiger partial charge in [-0.1, -0.05) is 40.6 Å². The van der Waals surface area contributed by atoms with Gasteiger partial charge in [0.2, 0.25) is 11.7 Å². The van der Waals surface area contributed by atoms with Crippen molar-refractivity contribution in [2.24, 2.45) is 16.8 Å². The highest BCUT2D eigenvalue weighted by Crippen LogP contribution is 2.27. The standard InChI is InChI=1S/C14H14N4O.C12H14N4O.C12H11N3.C2H4O2.H3NO/c1-3-15-13-8-7-10-11(5-4-6-12(10)17-13)14-16-9(2)19-18-14;1-2-14-11-7-6-8-9(12(13)16-17)4-3-5-10(8)15-11;1-2-14-12-7-6-10-9(8-13)4-3-5-11(10)15-12;1-2(3)4;1-2/h4-8H,3H2,1-2H3,(H,15,17);3-7,17H,2H2,1H3,(H2,13,16)(H,14,15);3-7H,2H2,1H3,(H,14,15);1H3,(H,3,4);2H,1H2. The summed E-state index contributed by atoms with van der Waals surface area (Å²) in [5.74, 6) is 6.45. The number of benzene rings is 3. The summed E-state index contributed by atoms with van der Waals surface area (Å²) in [4.78, 5) is 26.7. The van der Waals surface area contributed by atoms with Crippen LogP contribution in [0, 0.1) is 18.3 Å². The molecule has 7 aromatic rings. The highest BCUT2D eigenvalue weighted by molar-refractivity contribution is 6.08. The maximum absolute atomic E-state index is 9.00. The molecule has 0 atom stereocenters. The van der Waals surface area contributed by atoms with Crippen LogP contribution >= 0.6 is 0 Å². The summed E-state index contributed by atoms with van der Waals surface area (Å²) in [6.45, 7) is 11.5. The Morgan fingerprint density at radius 2 is 1.19 bits per heavy atom. The summed E-state index contributed by atoms with van der Waals surface area (Å²) in [6.07, 6.45) is 0. The second-order valence-electron chi connectivity index (χ2n) is 11.6. The van der Waals surface area contributed by atoms with Crippen LogP contribution in [0.1, 0.15) is 44.7 Å². The summed E-state index contributed by atoms with van der Waals surface area (Å²) in [5, 5.41) is 50.8. The third-order valence-electron chi connectivity index (χ3n) is 7.54. The van der Waals surface area contributed by atoms with Crippen LogP contribution < -0.4 is 27.6 Å². The number of nitrogens with two attached hydrogens (primary N) is 2. The molecule has 0 radical (unpaired) electrons. The van der Waals surface area contributed by atoms with Crippen molar-refractivity contribution < 1.29 is 24.8 Å². The van der Waals surface area contributed by atoms with Crippen molar-refractivity contribution in [3.8, 4) is 17.5 Å². The second-order valence-corrected chi connectivity index (χ2v) is 11.6. The molecular formula is C40H46N12O5. The third kappa shape index (κ3) is 12.6. The first-order chi connectivity index (χ1) is 27.6. The lowest BCUT2D eigenvalue weighted by Gasteiger charge is -2.07. The average Bonchev–Trinajstić information content (AvgIpc) is 3.66. The number of pyridine rings is 3. The molecule has 3 aromatic carbocycles. The Morgan fingerprint density at radius 1 is 0.737 bits per heavy atom. The molecule has 7 rings (SSSR count). The van der Waals surface area contributed by atoms with E-state index < -0.39 is 5.97 Å². The average molecular weight is 775 g/mol. The first-order valence-corrected chi connectivity index (χ1v) is 17.7. The van der Waals surface area contributed by atoms with Crippen molar-refractivity contribution in [1.29, 1.82) is 5.26 Å². The molecule has 0 aliphatic carbocycles. The molecule has 0 unspecified atom stereocenters. The predicted molar refractivity (Wildman–Crippen MR) is 222 cm³/mol. The molecule has 0 fully saturated rings. The molecule has 0 amide bonds. The van der Waals surface area contributed by atoms with E-state index in [0.717, 1.165) is 82.3 Å². The summed E-state index contributed by atoms with van der Waals surface area (Å²) in [6, 6.07) is 30.8. The van der Waals surface area contributed by atoms with E-state index in [1.165, 1.54) is 0 Å². The van der Waals surface area contributed by atoms with Crippen LogP contribution in [0.25, 0.3) is 44.1 Å². The van der Waals surface area contributed by atoms with Gasteiger partial charge in [0.05, 0.1) is 28.2 Å². The predicted octanol–water partition coefficient (Wildman–Crippen LogP) is 6.75. The zero-order valence-electron chi connectivity index (χ0n) is 32.2. The minimum atomic E-state index is -0.833. The number of nitrogens with zero attached hydrogens (tertiary/aromatic N) is 7. The fourth-order valence-corrected chi connectivity index (χ4v) is 5.28. The number of anilines is 3. The molecule has 4 aromatic heterocycles. The number of aromatic nitrogens is 5. The lowest BCUT2D eigenvalue weighted by Crippen LogP contribution is -2.13. The van der Waals surface area contributed by atoms with Crippen LogP contribution in [0.2, 0.25) is 0 Å². The number of aryl methyl sites for hydroxylation is 1. The molecule has 57 heavy (non-hydrogen) atoms. The Hall–Kier alpha value is -7.42. The van der Waals surface area contributed by atoms with E-state index in [0.29, 0.717) is 22.8 Å². The molecule has 4 heterocycles. The van der Waals surface area contributed by atoms with Gasteiger partial charge in [-0.15, -0.1) is 0 Å². The van der Waals surface area contributed by atoms with E-state index in [4.69, 9.17) is 35.8 Å². The summed E-state index contributed by atoms with van der Waals surface area (Å²) in [7, 11) is 0. The normalized spacial score (nSPS) is 10.2. The number of nitriles is 1. The summed E-state index contributed by atoms with van der Waals surface area (Å²) >= 11 is 0. The second kappa shape index (κ2) is 22.7. The minimum Gasteiger partial charge on any atom is -0.481 e. The van der Waals surface area contributed by atoms with Crippen LogP contribution in [0.5, 0.6) is 0 Å². The number of aliphatic carboxylic acids is 1. The number of hydrogen-bond donors (Lipinski definition) is 8. The first kappa shape index (κ1) is 44.0. The van der Waals surface area contributed by atoms with Crippen molar-refractivity contribution in [2.75, 3.05) is 35.6 Å². The van der Waals surface area contributed by atoms with Gasteiger partial charge in [0.25, 0.3) is 5.97 Å². The molecule has 10 N–H and O–H groups in total. The number of oxime groups is 1. The molecule has 0 aliphatic heterocycles. The number of fused-ring (bicyclic) bond motifs is 3. The maximum Gasteiger partial charge on any atom is 0.300 e. The third-order valence-corrected chi connectivity index (χ3v) is 7.54. The van der Waals surface area contributed by atoms with Crippen LogP contribution in [-0.2, 0) is 4.79 Å². The topological polar surface area (TPSA) is 280 Å². The van der Waals surface area contributed by atoms with E-state index in [1.807, 2.05) is 99.6 Å². The lowest BCUT2D eigenvalue weighted by molar-refractivity contribution is -0.134. The van der Waals surface area contributed by atoms with Gasteiger partial charge < -0.3 is 41.7 Å². The first-order valence-electron chi connectivity index (χ1n) is 17.7. The monoisotopic (exact) mass is 774 g/mol. The van der Waals surface area contributed by atoms with Gasteiger partial charge >= 0.3 is 0 Å². The van der Waals surface area contributed by atoms with Gasteiger partial charge in [0.1, 0.15) is 17.5 Å². The van der Waals surface area contributed by atoms with Gasteiger partial charge in [0.15, 0.2) is 5.84 Å².